The highest BCUT2D eigenvalue weighted by Gasteiger charge is 2.43. The number of hydrogen-bond donors (Lipinski definition) is 1. The summed E-state index contributed by atoms with van der Waals surface area (Å²) in [5.41, 5.74) is 1.92. The molecule has 3 heteroatoms. The van der Waals surface area contributed by atoms with Crippen LogP contribution in [0.4, 0.5) is 5.69 Å². The van der Waals surface area contributed by atoms with E-state index in [1.165, 1.54) is 29.2 Å². The highest BCUT2D eigenvalue weighted by Crippen LogP contribution is 2.51. The Balaban J connectivity index is 1.93. The van der Waals surface area contributed by atoms with Crippen molar-refractivity contribution in [2.75, 3.05) is 17.6 Å². The van der Waals surface area contributed by atoms with Gasteiger partial charge in [0.2, 0.25) is 0 Å². The summed E-state index contributed by atoms with van der Waals surface area (Å²) in [7, 11) is 0. The Morgan fingerprint density at radius 1 is 1.36 bits per heavy atom. The van der Waals surface area contributed by atoms with Crippen LogP contribution in [0, 0.1) is 5.41 Å². The molecule has 0 bridgehead atoms. The Bertz CT molecular complexity index is 374. The Morgan fingerprint density at radius 3 is 3.00 bits per heavy atom. The molecular weight excluding hydrogens is 258 g/mol. The zero-order valence-electron chi connectivity index (χ0n) is 7.85. The SMILES string of the molecule is Brc1ccc2c(c1)NCC1(CC1)CS2. The van der Waals surface area contributed by atoms with Crippen molar-refractivity contribution in [2.24, 2.45) is 5.41 Å². The molecule has 3 rings (SSSR count). The molecule has 1 saturated carbocycles. The van der Waals surface area contributed by atoms with E-state index in [0.717, 1.165) is 11.0 Å². The fourth-order valence-electron chi connectivity index (χ4n) is 1.83. The number of hydrogen-bond acceptors (Lipinski definition) is 2. The maximum absolute atomic E-state index is 3.57. The summed E-state index contributed by atoms with van der Waals surface area (Å²) in [5, 5.41) is 3.57. The second-order valence-corrected chi connectivity index (χ2v) is 6.22. The van der Waals surface area contributed by atoms with Gasteiger partial charge in [-0.1, -0.05) is 15.9 Å². The van der Waals surface area contributed by atoms with Gasteiger partial charge in [0.15, 0.2) is 0 Å². The molecule has 0 radical (unpaired) electrons. The summed E-state index contributed by atoms with van der Waals surface area (Å²) in [5.74, 6) is 1.29. The minimum atomic E-state index is 0.621. The zero-order valence-corrected chi connectivity index (χ0v) is 10.2. The van der Waals surface area contributed by atoms with Crippen LogP contribution >= 0.6 is 27.7 Å². The first-order chi connectivity index (χ1) is 6.77. The molecule has 0 atom stereocenters. The molecule has 0 amide bonds. The van der Waals surface area contributed by atoms with Gasteiger partial charge in [-0.05, 0) is 36.5 Å². The predicted octanol–water partition coefficient (Wildman–Crippen LogP) is 3.75. The highest BCUT2D eigenvalue weighted by atomic mass is 79.9. The van der Waals surface area contributed by atoms with Crippen molar-refractivity contribution in [1.82, 2.24) is 0 Å². The molecule has 1 N–H and O–H groups in total. The Labute approximate surface area is 96.8 Å². The lowest BCUT2D eigenvalue weighted by Crippen LogP contribution is -2.15. The fraction of sp³-hybridized carbons (Fsp3) is 0.455. The Kier molecular flexibility index (Phi) is 2.06. The van der Waals surface area contributed by atoms with Gasteiger partial charge < -0.3 is 5.32 Å². The van der Waals surface area contributed by atoms with Gasteiger partial charge >= 0.3 is 0 Å². The second-order valence-electron chi connectivity index (χ2n) is 4.28. The van der Waals surface area contributed by atoms with Crippen LogP contribution in [0.3, 0.4) is 0 Å². The number of nitrogens with one attached hydrogen (secondary N) is 1. The summed E-state index contributed by atoms with van der Waals surface area (Å²) < 4.78 is 1.16. The van der Waals surface area contributed by atoms with Gasteiger partial charge in [-0.2, -0.15) is 0 Å². The van der Waals surface area contributed by atoms with E-state index in [-0.39, 0.29) is 0 Å². The van der Waals surface area contributed by atoms with Crippen molar-refractivity contribution >= 4 is 33.4 Å². The topological polar surface area (TPSA) is 12.0 Å². The molecule has 1 heterocycles. The van der Waals surface area contributed by atoms with E-state index >= 15 is 0 Å². The van der Waals surface area contributed by atoms with Crippen LogP contribution < -0.4 is 5.32 Å². The third kappa shape index (κ3) is 1.57. The fourth-order valence-corrected chi connectivity index (χ4v) is 3.49. The number of rotatable bonds is 0. The number of benzene rings is 1. The summed E-state index contributed by atoms with van der Waals surface area (Å²) >= 11 is 5.52. The molecule has 1 aromatic carbocycles. The third-order valence-corrected chi connectivity index (χ3v) is 5.00. The maximum atomic E-state index is 3.57. The molecular formula is C11H12BrNS. The molecule has 1 nitrogen and oxygen atoms in total. The van der Waals surface area contributed by atoms with Crippen molar-refractivity contribution in [1.29, 1.82) is 0 Å². The van der Waals surface area contributed by atoms with Gasteiger partial charge in [0.05, 0.1) is 0 Å². The lowest BCUT2D eigenvalue weighted by atomic mass is 10.1. The van der Waals surface area contributed by atoms with Gasteiger partial charge in [-0.25, -0.2) is 0 Å². The molecule has 0 unspecified atom stereocenters. The van der Waals surface area contributed by atoms with E-state index in [0.29, 0.717) is 5.41 Å². The maximum Gasteiger partial charge on any atom is 0.0489 e. The van der Waals surface area contributed by atoms with Gasteiger partial charge in [0.1, 0.15) is 0 Å². The van der Waals surface area contributed by atoms with Gasteiger partial charge in [0.25, 0.3) is 0 Å². The van der Waals surface area contributed by atoms with Gasteiger partial charge in [-0.15, -0.1) is 11.8 Å². The molecule has 1 fully saturated rings. The Hall–Kier alpha value is -0.150. The number of fused-ring (bicyclic) bond motifs is 1. The van der Waals surface area contributed by atoms with E-state index in [9.17, 15) is 0 Å². The smallest absolute Gasteiger partial charge is 0.0489 e. The van der Waals surface area contributed by atoms with Crippen LogP contribution in [-0.2, 0) is 0 Å². The van der Waals surface area contributed by atoms with Crippen molar-refractivity contribution in [3.63, 3.8) is 0 Å². The highest BCUT2D eigenvalue weighted by molar-refractivity contribution is 9.10. The van der Waals surface area contributed by atoms with Gasteiger partial charge in [0, 0.05) is 27.4 Å². The molecule has 14 heavy (non-hydrogen) atoms. The average Bonchev–Trinajstić information content (AvgIpc) is 2.96. The minimum Gasteiger partial charge on any atom is -0.384 e. The van der Waals surface area contributed by atoms with E-state index < -0.39 is 0 Å². The van der Waals surface area contributed by atoms with E-state index in [1.807, 2.05) is 11.8 Å². The monoisotopic (exact) mass is 269 g/mol. The molecule has 1 aliphatic carbocycles. The lowest BCUT2D eigenvalue weighted by Gasteiger charge is -2.10. The summed E-state index contributed by atoms with van der Waals surface area (Å²) in [6, 6.07) is 6.51. The second kappa shape index (κ2) is 3.17. The Morgan fingerprint density at radius 2 is 2.21 bits per heavy atom. The zero-order chi connectivity index (χ0) is 9.60. The first-order valence-corrected chi connectivity index (χ1v) is 6.72. The van der Waals surface area contributed by atoms with Crippen LogP contribution in [0.2, 0.25) is 0 Å². The van der Waals surface area contributed by atoms with Crippen LogP contribution in [0.5, 0.6) is 0 Å². The number of anilines is 1. The van der Waals surface area contributed by atoms with Crippen LogP contribution in [0.25, 0.3) is 0 Å². The van der Waals surface area contributed by atoms with E-state index in [2.05, 4.69) is 39.4 Å². The van der Waals surface area contributed by atoms with Gasteiger partial charge in [-0.3, -0.25) is 0 Å². The first-order valence-electron chi connectivity index (χ1n) is 4.94. The predicted molar refractivity (Wildman–Crippen MR) is 65.0 cm³/mol. The average molecular weight is 270 g/mol. The molecule has 1 aromatic rings. The van der Waals surface area contributed by atoms with Crippen molar-refractivity contribution in [3.05, 3.63) is 22.7 Å². The lowest BCUT2D eigenvalue weighted by molar-refractivity contribution is 0.626. The van der Waals surface area contributed by atoms with E-state index in [4.69, 9.17) is 0 Å². The largest absolute Gasteiger partial charge is 0.384 e. The summed E-state index contributed by atoms with van der Waals surface area (Å²) in [4.78, 5) is 1.40. The standard InChI is InChI=1S/C11H12BrNS/c12-8-1-2-10-9(5-8)13-6-11(3-4-11)7-14-10/h1-2,5,13H,3-4,6-7H2. The molecule has 2 aliphatic rings. The summed E-state index contributed by atoms with van der Waals surface area (Å²) in [6.07, 6.45) is 2.81. The molecule has 1 aliphatic heterocycles. The van der Waals surface area contributed by atoms with Crippen LogP contribution in [0.15, 0.2) is 27.6 Å². The van der Waals surface area contributed by atoms with Crippen LogP contribution in [-0.4, -0.2) is 12.3 Å². The quantitative estimate of drug-likeness (QED) is 0.770. The van der Waals surface area contributed by atoms with Crippen molar-refractivity contribution in [3.8, 4) is 0 Å². The number of halogens is 1. The molecule has 1 spiro atoms. The normalized spacial score (nSPS) is 22.4. The number of thioether (sulfide) groups is 1. The summed E-state index contributed by atoms with van der Waals surface area (Å²) in [6.45, 7) is 1.16. The molecule has 0 saturated heterocycles. The minimum absolute atomic E-state index is 0.621. The van der Waals surface area contributed by atoms with E-state index in [1.54, 1.807) is 0 Å². The third-order valence-electron chi connectivity index (χ3n) is 3.09. The van der Waals surface area contributed by atoms with Crippen molar-refractivity contribution in [2.45, 2.75) is 17.7 Å². The van der Waals surface area contributed by atoms with Crippen molar-refractivity contribution < 1.29 is 0 Å². The molecule has 0 aromatic heterocycles. The van der Waals surface area contributed by atoms with Crippen LogP contribution in [0.1, 0.15) is 12.8 Å². The first kappa shape index (κ1) is 9.10. The molecule has 74 valence electrons.